The van der Waals surface area contributed by atoms with E-state index in [1.54, 1.807) is 42.5 Å². The third kappa shape index (κ3) is 5.80. The smallest absolute Gasteiger partial charge is 0.264 e. The van der Waals surface area contributed by atoms with Crippen LogP contribution in [0, 0.1) is 0 Å². The van der Waals surface area contributed by atoms with Crippen molar-refractivity contribution in [1.29, 1.82) is 0 Å². The number of carbonyl (C=O) groups is 2. The highest BCUT2D eigenvalue weighted by Gasteiger charge is 2.11. The van der Waals surface area contributed by atoms with Crippen LogP contribution in [0.2, 0.25) is 0 Å². The summed E-state index contributed by atoms with van der Waals surface area (Å²) in [7, 11) is 0. The molecule has 0 heterocycles. The number of halogens is 2. The van der Waals surface area contributed by atoms with Gasteiger partial charge in [-0.15, -0.1) is 0 Å². The average Bonchev–Trinajstić information content (AvgIpc) is 2.54. The number of para-hydroxylation sites is 1. The number of hydrogen-bond acceptors (Lipinski definition) is 4. The molecule has 0 atom stereocenters. The summed E-state index contributed by atoms with van der Waals surface area (Å²) in [5.74, 6) is -0.513. The van der Waals surface area contributed by atoms with Crippen molar-refractivity contribution < 1.29 is 14.3 Å². The normalized spacial score (nSPS) is 10.0. The minimum absolute atomic E-state index is 0.0390. The molecule has 0 spiro atoms. The lowest BCUT2D eigenvalue weighted by molar-refractivity contribution is -0.121. The zero-order valence-electron chi connectivity index (χ0n) is 12.7. The summed E-state index contributed by atoms with van der Waals surface area (Å²) >= 11 is 11.7. The van der Waals surface area contributed by atoms with Crippen molar-refractivity contribution in [3.8, 4) is 5.75 Å². The summed E-state index contributed by atoms with van der Waals surface area (Å²) in [5.41, 5.74) is 5.98. The predicted molar refractivity (Wildman–Crippen MR) is 107 cm³/mol. The number of thiocarbonyl (C=S) groups is 1. The summed E-state index contributed by atoms with van der Waals surface area (Å²) in [4.78, 5) is 23.3. The van der Waals surface area contributed by atoms with Crippen LogP contribution in [0.25, 0.3) is 0 Å². The van der Waals surface area contributed by atoms with Gasteiger partial charge in [0.25, 0.3) is 11.8 Å². The quantitative estimate of drug-likeness (QED) is 0.564. The molecule has 0 saturated heterocycles. The topological polar surface area (TPSA) is 93.5 Å². The molecule has 0 bridgehead atoms. The van der Waals surface area contributed by atoms with Gasteiger partial charge in [-0.05, 0) is 58.5 Å². The van der Waals surface area contributed by atoms with E-state index in [2.05, 4.69) is 42.5 Å². The first-order valence-electron chi connectivity index (χ1n) is 6.94. The first-order valence-corrected chi connectivity index (χ1v) is 8.93. The van der Waals surface area contributed by atoms with E-state index in [0.717, 1.165) is 4.47 Å². The van der Waals surface area contributed by atoms with Gasteiger partial charge in [-0.1, -0.05) is 28.1 Å². The largest absolute Gasteiger partial charge is 0.483 e. The number of nitrogens with one attached hydrogen (secondary N) is 2. The summed E-state index contributed by atoms with van der Waals surface area (Å²) < 4.78 is 7.02. The number of hydrogen-bond donors (Lipinski definition) is 3. The van der Waals surface area contributed by atoms with Crippen LogP contribution in [0.15, 0.2) is 51.4 Å². The molecule has 0 aliphatic carbocycles. The van der Waals surface area contributed by atoms with Gasteiger partial charge >= 0.3 is 0 Å². The number of carbonyl (C=O) groups excluding carboxylic acids is 2. The zero-order chi connectivity index (χ0) is 18.4. The van der Waals surface area contributed by atoms with Gasteiger partial charge in [0.15, 0.2) is 11.7 Å². The Morgan fingerprint density at radius 2 is 1.88 bits per heavy atom. The lowest BCUT2D eigenvalue weighted by Crippen LogP contribution is -2.37. The Morgan fingerprint density at radius 3 is 2.56 bits per heavy atom. The van der Waals surface area contributed by atoms with E-state index in [1.807, 2.05) is 0 Å². The molecule has 0 radical (unpaired) electrons. The molecule has 2 rings (SSSR count). The van der Waals surface area contributed by atoms with Crippen LogP contribution >= 0.6 is 44.1 Å². The SMILES string of the molecule is NC(=O)c1ccccc1NC(=S)NC(=O)COc1ccc(Br)cc1Br. The van der Waals surface area contributed by atoms with E-state index in [4.69, 9.17) is 22.7 Å². The molecule has 0 unspecified atom stereocenters. The molecule has 0 saturated carbocycles. The second-order valence-corrected chi connectivity index (χ2v) is 6.95. The Bertz CT molecular complexity index is 830. The number of primary amides is 1. The van der Waals surface area contributed by atoms with Crippen molar-refractivity contribution in [3.63, 3.8) is 0 Å². The summed E-state index contributed by atoms with van der Waals surface area (Å²) in [6.07, 6.45) is 0. The van der Waals surface area contributed by atoms with Crippen molar-refractivity contribution in [2.75, 3.05) is 11.9 Å². The van der Waals surface area contributed by atoms with E-state index in [9.17, 15) is 9.59 Å². The van der Waals surface area contributed by atoms with Crippen molar-refractivity contribution in [3.05, 3.63) is 57.0 Å². The van der Waals surface area contributed by atoms with Gasteiger partial charge in [-0.2, -0.15) is 0 Å². The summed E-state index contributed by atoms with van der Waals surface area (Å²) in [6.45, 7) is -0.223. The minimum Gasteiger partial charge on any atom is -0.483 e. The molecular weight excluding hydrogens is 474 g/mol. The fourth-order valence-electron chi connectivity index (χ4n) is 1.86. The molecule has 2 aromatic carbocycles. The molecule has 130 valence electrons. The fraction of sp³-hybridized carbons (Fsp3) is 0.0625. The highest BCUT2D eigenvalue weighted by Crippen LogP contribution is 2.28. The second kappa shape index (κ2) is 8.93. The molecule has 6 nitrogen and oxygen atoms in total. The molecule has 25 heavy (non-hydrogen) atoms. The van der Waals surface area contributed by atoms with Crippen molar-refractivity contribution in [1.82, 2.24) is 5.32 Å². The van der Waals surface area contributed by atoms with Crippen LogP contribution in [0.5, 0.6) is 5.75 Å². The number of nitrogens with two attached hydrogens (primary N) is 1. The Hall–Kier alpha value is -1.97. The van der Waals surface area contributed by atoms with Crippen molar-refractivity contribution >= 4 is 66.7 Å². The standard InChI is InChI=1S/C16H13Br2N3O3S/c17-9-5-6-13(11(18)7-9)24-8-14(22)21-16(25)20-12-4-2-1-3-10(12)15(19)23/h1-7H,8H2,(H2,19,23)(H2,20,21,22,25). The first kappa shape index (κ1) is 19.4. The third-order valence-electron chi connectivity index (χ3n) is 2.95. The molecule has 2 aromatic rings. The molecule has 2 amide bonds. The molecule has 0 aliphatic heterocycles. The minimum atomic E-state index is -0.597. The zero-order valence-corrected chi connectivity index (χ0v) is 16.7. The van der Waals surface area contributed by atoms with Crippen molar-refractivity contribution in [2.45, 2.75) is 0 Å². The maximum absolute atomic E-state index is 11.9. The summed E-state index contributed by atoms with van der Waals surface area (Å²) in [5, 5.41) is 5.28. The maximum atomic E-state index is 11.9. The lowest BCUT2D eigenvalue weighted by Gasteiger charge is -2.12. The van der Waals surface area contributed by atoms with Crippen LogP contribution in [0.1, 0.15) is 10.4 Å². The van der Waals surface area contributed by atoms with Gasteiger partial charge in [-0.25, -0.2) is 0 Å². The lowest BCUT2D eigenvalue weighted by atomic mass is 10.1. The molecule has 4 N–H and O–H groups in total. The van der Waals surface area contributed by atoms with Crippen LogP contribution in [-0.2, 0) is 4.79 Å². The van der Waals surface area contributed by atoms with Gasteiger partial charge < -0.3 is 15.8 Å². The summed E-state index contributed by atoms with van der Waals surface area (Å²) in [6, 6.07) is 11.9. The number of anilines is 1. The van der Waals surface area contributed by atoms with Gasteiger partial charge in [-0.3, -0.25) is 14.9 Å². The number of amides is 2. The monoisotopic (exact) mass is 485 g/mol. The van der Waals surface area contributed by atoms with E-state index < -0.39 is 11.8 Å². The third-order valence-corrected chi connectivity index (χ3v) is 4.26. The van der Waals surface area contributed by atoms with Crippen LogP contribution in [0.3, 0.4) is 0 Å². The second-order valence-electron chi connectivity index (χ2n) is 4.78. The Kier molecular flexibility index (Phi) is 6.91. The van der Waals surface area contributed by atoms with Crippen LogP contribution in [-0.4, -0.2) is 23.5 Å². The highest BCUT2D eigenvalue weighted by atomic mass is 79.9. The first-order chi connectivity index (χ1) is 11.9. The van der Waals surface area contributed by atoms with Gasteiger partial charge in [0, 0.05) is 4.47 Å². The van der Waals surface area contributed by atoms with Crippen LogP contribution in [0.4, 0.5) is 5.69 Å². The highest BCUT2D eigenvalue weighted by molar-refractivity contribution is 9.11. The maximum Gasteiger partial charge on any atom is 0.264 e. The number of benzene rings is 2. The Morgan fingerprint density at radius 1 is 1.16 bits per heavy atom. The van der Waals surface area contributed by atoms with Crippen molar-refractivity contribution in [2.24, 2.45) is 5.73 Å². The van der Waals surface area contributed by atoms with E-state index in [1.165, 1.54) is 0 Å². The molecular formula is C16H13Br2N3O3S. The van der Waals surface area contributed by atoms with Gasteiger partial charge in [0.1, 0.15) is 5.75 Å². The van der Waals surface area contributed by atoms with E-state index in [-0.39, 0.29) is 17.3 Å². The Balaban J connectivity index is 1.90. The number of rotatable bonds is 5. The average molecular weight is 487 g/mol. The predicted octanol–water partition coefficient (Wildman–Crippen LogP) is 3.20. The number of ether oxygens (including phenoxy) is 1. The van der Waals surface area contributed by atoms with E-state index >= 15 is 0 Å². The van der Waals surface area contributed by atoms with Gasteiger partial charge in [0.05, 0.1) is 15.7 Å². The molecule has 9 heteroatoms. The Labute approximate surface area is 166 Å². The molecule has 0 aliphatic rings. The molecule has 0 aromatic heterocycles. The van der Waals surface area contributed by atoms with Gasteiger partial charge in [0.2, 0.25) is 0 Å². The fourth-order valence-corrected chi connectivity index (χ4v) is 3.24. The van der Waals surface area contributed by atoms with Crippen LogP contribution < -0.4 is 21.1 Å². The van der Waals surface area contributed by atoms with E-state index in [0.29, 0.717) is 15.9 Å². The molecule has 0 fully saturated rings.